The molecule has 6 heavy (non-hydrogen) atoms. The van der Waals surface area contributed by atoms with Crippen LogP contribution in [-0.2, 0) is 0 Å². The molecule has 0 N–H and O–H groups in total. The van der Waals surface area contributed by atoms with Gasteiger partial charge in [-0.2, -0.15) is 0 Å². The van der Waals surface area contributed by atoms with Gasteiger partial charge in [0.05, 0.1) is 0 Å². The van der Waals surface area contributed by atoms with E-state index in [-0.39, 0.29) is 71.9 Å². The van der Waals surface area contributed by atoms with Gasteiger partial charge in [-0.3, -0.25) is 0 Å². The van der Waals surface area contributed by atoms with Gasteiger partial charge >= 0.3 is 0 Å². The summed E-state index contributed by atoms with van der Waals surface area (Å²) in [5, 5.41) is 0. The normalized spacial score (nSPS) is 20.0. The maximum absolute atomic E-state index is 1.50. The maximum Gasteiger partial charge on any atom is 0 e. The Labute approximate surface area is 101 Å². The quantitative estimate of drug-likeness (QED) is 0.640. The predicted molar refractivity (Wildman–Crippen MR) is 23.1 cm³/mol. The molecule has 1 aliphatic carbocycles. The van der Waals surface area contributed by atoms with E-state index in [2.05, 4.69) is 0 Å². The smallest absolute Gasteiger partial charge is 0 e. The summed E-state index contributed by atoms with van der Waals surface area (Å²) in [5.41, 5.74) is 0. The van der Waals surface area contributed by atoms with Crippen LogP contribution in [0.3, 0.4) is 0 Å². The van der Waals surface area contributed by atoms with Crippen LogP contribution in [0.25, 0.3) is 0 Å². The summed E-state index contributed by atoms with van der Waals surface area (Å²) in [5.74, 6) is 0. The Bertz CT molecular complexity index is 15.5. The molecule has 0 nitrogen and oxygen atoms in total. The van der Waals surface area contributed by atoms with Crippen molar-refractivity contribution in [2.24, 2.45) is 0 Å². The van der Waals surface area contributed by atoms with Crippen molar-refractivity contribution in [3.05, 3.63) is 0 Å². The first-order valence-electron chi connectivity index (χ1n) is 2.50. The van der Waals surface area contributed by atoms with E-state index in [0.29, 0.717) is 0 Å². The van der Waals surface area contributed by atoms with Crippen LogP contribution in [-0.4, -0.2) is 0 Å². The summed E-state index contributed by atoms with van der Waals surface area (Å²) >= 11 is 0. The summed E-state index contributed by atoms with van der Waals surface area (Å²) in [6, 6.07) is 0. The molecule has 0 spiro atoms. The van der Waals surface area contributed by atoms with Gasteiger partial charge in [-0.1, -0.05) is 32.1 Å². The molecule has 0 aromatic rings. The van der Waals surface area contributed by atoms with E-state index in [1.165, 1.54) is 32.1 Å². The second kappa shape index (κ2) is 5.26. The van der Waals surface area contributed by atoms with Crippen LogP contribution in [0.4, 0.5) is 0 Å². The minimum absolute atomic E-state index is 0. The van der Waals surface area contributed by atoms with Crippen LogP contribution in [0.5, 0.6) is 0 Å². The predicted octanol–water partition coefficient (Wildman–Crippen LogP) is 1.95. The van der Waals surface area contributed by atoms with E-state index in [0.717, 1.165) is 0 Å². The molecule has 0 aromatic heterocycles. The van der Waals surface area contributed by atoms with Crippen LogP contribution < -0.4 is 0 Å². The van der Waals surface area contributed by atoms with Crippen LogP contribution in [0, 0.1) is 71.9 Å². The fourth-order valence-electron chi connectivity index (χ4n) is 0.884. The fourth-order valence-corrected chi connectivity index (χ4v) is 0.884. The SMILES string of the molecule is C1CCCC1.[Rn]. The number of hydrogen-bond donors (Lipinski definition) is 0. The Kier molecular flexibility index (Phi) is 7.11. The largest absolute Gasteiger partial charge is 0.0533 e. The summed E-state index contributed by atoms with van der Waals surface area (Å²) in [4.78, 5) is 0. The standard InChI is InChI=1S/C5H10.Rn/c1-2-4-5-3-1;/h1-5H2;. The number of rotatable bonds is 0. The zero-order chi connectivity index (χ0) is 3.54. The third-order valence-electron chi connectivity index (χ3n) is 1.25. The van der Waals surface area contributed by atoms with Gasteiger partial charge < -0.3 is 0 Å². The average molecular weight is 292 g/mol. The Morgan fingerprint density at radius 3 is 0.833 bits per heavy atom. The van der Waals surface area contributed by atoms with E-state index in [1.807, 2.05) is 0 Å². The van der Waals surface area contributed by atoms with Crippen molar-refractivity contribution in [3.8, 4) is 0 Å². The zero-order valence-electron chi connectivity index (χ0n) is 3.89. The monoisotopic (exact) mass is 292 g/mol. The second-order valence-electron chi connectivity index (χ2n) is 1.77. The molecule has 0 bridgehead atoms. The van der Waals surface area contributed by atoms with Gasteiger partial charge in [-0.15, -0.1) is 0 Å². The van der Waals surface area contributed by atoms with E-state index < -0.39 is 0 Å². The van der Waals surface area contributed by atoms with Crippen molar-refractivity contribution >= 4 is 0 Å². The molecule has 38 valence electrons. The topological polar surface area (TPSA) is 0 Å². The van der Waals surface area contributed by atoms with Crippen molar-refractivity contribution in [1.29, 1.82) is 0 Å². The Balaban J connectivity index is 0.000000250. The van der Waals surface area contributed by atoms with Gasteiger partial charge in [0, 0.05) is 71.9 Å². The van der Waals surface area contributed by atoms with Crippen LogP contribution in [0.1, 0.15) is 32.1 Å². The molecule has 0 unspecified atom stereocenters. The molecule has 1 saturated carbocycles. The summed E-state index contributed by atoms with van der Waals surface area (Å²) in [6.07, 6.45) is 7.50. The third-order valence-corrected chi connectivity index (χ3v) is 1.25. The Hall–Kier alpha value is 2.12. The van der Waals surface area contributed by atoms with Crippen molar-refractivity contribution < 1.29 is 71.9 Å². The van der Waals surface area contributed by atoms with Crippen molar-refractivity contribution in [3.63, 3.8) is 0 Å². The molecular weight excluding hydrogens is 282 g/mol. The van der Waals surface area contributed by atoms with E-state index in [9.17, 15) is 0 Å². The van der Waals surface area contributed by atoms with Gasteiger partial charge in [0.25, 0.3) is 0 Å². The molecule has 1 aliphatic rings. The Morgan fingerprint density at radius 2 is 0.667 bits per heavy atom. The van der Waals surface area contributed by atoms with Gasteiger partial charge in [0.15, 0.2) is 0 Å². The zero-order valence-corrected chi connectivity index (χ0v) is 6.64. The summed E-state index contributed by atoms with van der Waals surface area (Å²) in [6.45, 7) is 0. The molecule has 0 aromatic carbocycles. The van der Waals surface area contributed by atoms with Crippen LogP contribution in [0.2, 0.25) is 0 Å². The molecule has 0 amide bonds. The van der Waals surface area contributed by atoms with Crippen LogP contribution in [0.15, 0.2) is 0 Å². The van der Waals surface area contributed by atoms with Gasteiger partial charge in [0.1, 0.15) is 0 Å². The summed E-state index contributed by atoms with van der Waals surface area (Å²) < 4.78 is 0. The van der Waals surface area contributed by atoms with Crippen molar-refractivity contribution in [2.75, 3.05) is 0 Å². The molecule has 0 saturated heterocycles. The van der Waals surface area contributed by atoms with Gasteiger partial charge in [-0.25, -0.2) is 0 Å². The molecule has 0 heterocycles. The summed E-state index contributed by atoms with van der Waals surface area (Å²) in [7, 11) is 0. The second-order valence-corrected chi connectivity index (χ2v) is 1.77. The molecule has 0 radical (unpaired) electrons. The first-order valence-corrected chi connectivity index (χ1v) is 2.50. The van der Waals surface area contributed by atoms with Crippen molar-refractivity contribution in [2.45, 2.75) is 32.1 Å². The maximum atomic E-state index is 1.50. The molecule has 1 fully saturated rings. The minimum atomic E-state index is 0. The Morgan fingerprint density at radius 1 is 0.500 bits per heavy atom. The molecule has 0 aliphatic heterocycles. The minimum Gasteiger partial charge on any atom is -0.0533 e. The molecule has 1 heteroatoms. The first-order chi connectivity index (χ1) is 2.50. The molecule has 1 rings (SSSR count). The van der Waals surface area contributed by atoms with E-state index >= 15 is 0 Å². The van der Waals surface area contributed by atoms with E-state index in [4.69, 9.17) is 0 Å². The van der Waals surface area contributed by atoms with Gasteiger partial charge in [0.2, 0.25) is 0 Å². The first kappa shape index (κ1) is 8.12. The van der Waals surface area contributed by atoms with Crippen LogP contribution >= 0.6 is 0 Å². The molecule has 0 atom stereocenters. The average Bonchev–Trinajstić information content (AvgIpc) is 1.76. The third kappa shape index (κ3) is 3.16. The fraction of sp³-hybridized carbons (Fsp3) is 1.00. The van der Waals surface area contributed by atoms with E-state index in [1.54, 1.807) is 0 Å². The van der Waals surface area contributed by atoms with Gasteiger partial charge in [-0.05, 0) is 0 Å². The van der Waals surface area contributed by atoms with Crippen molar-refractivity contribution in [1.82, 2.24) is 0 Å². The molecular formula is C5H10Rn. The number of hydrogen-bond acceptors (Lipinski definition) is 0.